The van der Waals surface area contributed by atoms with Crippen molar-refractivity contribution in [1.29, 1.82) is 0 Å². The van der Waals surface area contributed by atoms with Crippen LogP contribution < -0.4 is 0 Å². The van der Waals surface area contributed by atoms with Crippen LogP contribution in [0.15, 0.2) is 0 Å². The predicted octanol–water partition coefficient (Wildman–Crippen LogP) is 0.648. The van der Waals surface area contributed by atoms with Crippen LogP contribution in [0.25, 0.3) is 0 Å². The Morgan fingerprint density at radius 3 is 2.47 bits per heavy atom. The first kappa shape index (κ1) is 14.3. The van der Waals surface area contributed by atoms with E-state index in [0.29, 0.717) is 13.2 Å². The lowest BCUT2D eigenvalue weighted by atomic mass is 10.1. The Morgan fingerprint density at radius 2 is 1.89 bits per heavy atom. The fourth-order valence-electron chi connectivity index (χ4n) is 2.53. The molecule has 2 aliphatic heterocycles. The molecule has 2 rings (SSSR count). The molecule has 6 nitrogen and oxygen atoms in total. The summed E-state index contributed by atoms with van der Waals surface area (Å²) >= 11 is 0. The molecule has 2 fully saturated rings. The van der Waals surface area contributed by atoms with Gasteiger partial charge in [-0.1, -0.05) is 0 Å². The smallest absolute Gasteiger partial charge is 0.305 e. The average molecular weight is 271 g/mol. The zero-order chi connectivity index (χ0) is 13.7. The highest BCUT2D eigenvalue weighted by molar-refractivity contribution is 5.81. The van der Waals surface area contributed by atoms with Crippen LogP contribution in [-0.4, -0.2) is 60.4 Å². The van der Waals surface area contributed by atoms with Crippen LogP contribution in [0.1, 0.15) is 32.1 Å². The number of hydrogen-bond donors (Lipinski definition) is 1. The van der Waals surface area contributed by atoms with Crippen molar-refractivity contribution >= 4 is 11.9 Å². The van der Waals surface area contributed by atoms with Crippen molar-refractivity contribution in [1.82, 2.24) is 4.90 Å². The second-order valence-electron chi connectivity index (χ2n) is 5.06. The third-order valence-corrected chi connectivity index (χ3v) is 3.56. The molecule has 6 heteroatoms. The van der Waals surface area contributed by atoms with Gasteiger partial charge in [0.15, 0.2) is 0 Å². The molecular formula is C13H21NO5. The number of ether oxygens (including phenoxy) is 2. The Kier molecular flexibility index (Phi) is 5.15. The third-order valence-electron chi connectivity index (χ3n) is 3.56. The van der Waals surface area contributed by atoms with Gasteiger partial charge in [0.1, 0.15) is 6.10 Å². The van der Waals surface area contributed by atoms with Crippen LogP contribution in [-0.2, 0) is 19.1 Å². The molecule has 0 spiro atoms. The van der Waals surface area contributed by atoms with Crippen molar-refractivity contribution < 1.29 is 24.2 Å². The Labute approximate surface area is 112 Å². The van der Waals surface area contributed by atoms with Crippen molar-refractivity contribution in [2.75, 3.05) is 26.3 Å². The quantitative estimate of drug-likeness (QED) is 0.767. The van der Waals surface area contributed by atoms with E-state index in [9.17, 15) is 9.59 Å². The van der Waals surface area contributed by atoms with Gasteiger partial charge in [-0.15, -0.1) is 0 Å². The van der Waals surface area contributed by atoms with Crippen molar-refractivity contribution in [3.63, 3.8) is 0 Å². The van der Waals surface area contributed by atoms with Crippen LogP contribution in [0.4, 0.5) is 0 Å². The Morgan fingerprint density at radius 1 is 1.16 bits per heavy atom. The Hall–Kier alpha value is -1.14. The van der Waals surface area contributed by atoms with E-state index in [1.807, 2.05) is 0 Å². The van der Waals surface area contributed by atoms with Gasteiger partial charge in [0.25, 0.3) is 5.91 Å². The number of carboxylic acid groups (broad SMARTS) is 1. The van der Waals surface area contributed by atoms with Gasteiger partial charge in [-0.2, -0.15) is 0 Å². The van der Waals surface area contributed by atoms with Crippen molar-refractivity contribution in [2.24, 2.45) is 0 Å². The minimum Gasteiger partial charge on any atom is -0.481 e. The van der Waals surface area contributed by atoms with Crippen LogP contribution in [0, 0.1) is 0 Å². The molecule has 0 bridgehead atoms. The van der Waals surface area contributed by atoms with E-state index in [1.54, 1.807) is 4.90 Å². The normalized spacial score (nSPS) is 26.5. The summed E-state index contributed by atoms with van der Waals surface area (Å²) in [5.74, 6) is -0.980. The molecule has 2 atom stereocenters. The second-order valence-corrected chi connectivity index (χ2v) is 5.06. The molecule has 0 aromatic heterocycles. The van der Waals surface area contributed by atoms with Gasteiger partial charge in [-0.25, -0.2) is 0 Å². The van der Waals surface area contributed by atoms with Crippen molar-refractivity contribution in [3.05, 3.63) is 0 Å². The highest BCUT2D eigenvalue weighted by atomic mass is 16.5. The number of amides is 1. The molecule has 2 saturated heterocycles. The van der Waals surface area contributed by atoms with E-state index in [1.165, 1.54) is 0 Å². The van der Waals surface area contributed by atoms with Crippen LogP contribution >= 0.6 is 0 Å². The van der Waals surface area contributed by atoms with E-state index in [4.69, 9.17) is 14.6 Å². The summed E-state index contributed by atoms with van der Waals surface area (Å²) in [6.45, 7) is 2.05. The van der Waals surface area contributed by atoms with Crippen LogP contribution in [0.2, 0.25) is 0 Å². The molecule has 2 heterocycles. The maximum absolute atomic E-state index is 12.3. The number of aliphatic carboxylic acids is 1. The molecule has 0 unspecified atom stereocenters. The number of carbonyl (C=O) groups is 2. The van der Waals surface area contributed by atoms with Crippen LogP contribution in [0.5, 0.6) is 0 Å². The largest absolute Gasteiger partial charge is 0.481 e. The summed E-state index contributed by atoms with van der Waals surface area (Å²) in [5, 5.41) is 8.77. The topological polar surface area (TPSA) is 76.1 Å². The first-order valence-corrected chi connectivity index (χ1v) is 6.90. The van der Waals surface area contributed by atoms with E-state index in [2.05, 4.69) is 0 Å². The summed E-state index contributed by atoms with van der Waals surface area (Å²) in [6.07, 6.45) is 3.17. The summed E-state index contributed by atoms with van der Waals surface area (Å²) in [5.41, 5.74) is 0. The van der Waals surface area contributed by atoms with Gasteiger partial charge in [0.05, 0.1) is 12.5 Å². The standard InChI is InChI=1S/C13H21NO5/c15-12(16)5-6-14(9-10-3-1-7-18-10)13(17)11-4-2-8-19-11/h10-11H,1-9H2,(H,15,16)/t10-,11-/m1/s1. The number of hydrogen-bond acceptors (Lipinski definition) is 4. The monoisotopic (exact) mass is 271 g/mol. The number of rotatable bonds is 6. The van der Waals surface area contributed by atoms with Crippen molar-refractivity contribution in [3.8, 4) is 0 Å². The van der Waals surface area contributed by atoms with Crippen LogP contribution in [0.3, 0.4) is 0 Å². The zero-order valence-corrected chi connectivity index (χ0v) is 11.0. The Bertz CT molecular complexity index is 321. The second kappa shape index (κ2) is 6.86. The number of carboxylic acids is 1. The van der Waals surface area contributed by atoms with E-state index in [0.717, 1.165) is 32.3 Å². The van der Waals surface area contributed by atoms with Gasteiger partial charge in [0.2, 0.25) is 0 Å². The third kappa shape index (κ3) is 4.18. The fraction of sp³-hybridized carbons (Fsp3) is 0.846. The Balaban J connectivity index is 1.90. The molecule has 2 aliphatic rings. The molecule has 108 valence electrons. The highest BCUT2D eigenvalue weighted by Crippen LogP contribution is 2.18. The van der Waals surface area contributed by atoms with Gasteiger partial charge in [-0.3, -0.25) is 9.59 Å². The van der Waals surface area contributed by atoms with Gasteiger partial charge >= 0.3 is 5.97 Å². The molecule has 19 heavy (non-hydrogen) atoms. The molecule has 1 N–H and O–H groups in total. The molecule has 0 radical (unpaired) electrons. The maximum Gasteiger partial charge on any atom is 0.305 e. The molecule has 0 aliphatic carbocycles. The van der Waals surface area contributed by atoms with E-state index < -0.39 is 12.1 Å². The first-order chi connectivity index (χ1) is 9.16. The lowest BCUT2D eigenvalue weighted by molar-refractivity contribution is -0.144. The summed E-state index contributed by atoms with van der Waals surface area (Å²) < 4.78 is 10.9. The minimum atomic E-state index is -0.891. The van der Waals surface area contributed by atoms with E-state index >= 15 is 0 Å². The maximum atomic E-state index is 12.3. The average Bonchev–Trinajstić information content (AvgIpc) is 3.06. The molecule has 0 saturated carbocycles. The van der Waals surface area contributed by atoms with Gasteiger partial charge in [0, 0.05) is 26.3 Å². The molecule has 0 aromatic rings. The molecule has 0 aromatic carbocycles. The number of carbonyl (C=O) groups excluding carboxylic acids is 1. The lowest BCUT2D eigenvalue weighted by Gasteiger charge is -2.27. The summed E-state index contributed by atoms with van der Waals surface area (Å²) in [4.78, 5) is 24.6. The highest BCUT2D eigenvalue weighted by Gasteiger charge is 2.30. The SMILES string of the molecule is O=C(O)CCN(C[C@H]1CCCO1)C(=O)[C@H]1CCCO1. The predicted molar refractivity (Wildman–Crippen MR) is 66.8 cm³/mol. The first-order valence-electron chi connectivity index (χ1n) is 6.90. The fourth-order valence-corrected chi connectivity index (χ4v) is 2.53. The summed E-state index contributed by atoms with van der Waals surface area (Å²) in [7, 11) is 0. The lowest BCUT2D eigenvalue weighted by Crippen LogP contribution is -2.44. The van der Waals surface area contributed by atoms with Crippen molar-refractivity contribution in [2.45, 2.75) is 44.3 Å². The number of nitrogens with zero attached hydrogens (tertiary/aromatic N) is 1. The zero-order valence-electron chi connectivity index (χ0n) is 11.0. The van der Waals surface area contributed by atoms with E-state index in [-0.39, 0.29) is 25.0 Å². The van der Waals surface area contributed by atoms with Gasteiger partial charge < -0.3 is 19.5 Å². The minimum absolute atomic E-state index is 0.0365. The molecule has 1 amide bonds. The summed E-state index contributed by atoms with van der Waals surface area (Å²) in [6, 6.07) is 0. The molecular weight excluding hydrogens is 250 g/mol. The van der Waals surface area contributed by atoms with Gasteiger partial charge in [-0.05, 0) is 25.7 Å².